The van der Waals surface area contributed by atoms with Gasteiger partial charge in [-0.2, -0.15) is 0 Å². The van der Waals surface area contributed by atoms with Crippen molar-refractivity contribution < 1.29 is 9.53 Å². The third-order valence-corrected chi connectivity index (χ3v) is 5.24. The zero-order valence-electron chi connectivity index (χ0n) is 18.3. The third-order valence-electron chi connectivity index (χ3n) is 5.24. The highest BCUT2D eigenvalue weighted by atomic mass is 16.5. The number of benzene rings is 1. The van der Waals surface area contributed by atoms with Crippen molar-refractivity contribution in [3.63, 3.8) is 0 Å². The van der Waals surface area contributed by atoms with Crippen LogP contribution in [0.2, 0.25) is 0 Å². The molecule has 5 heteroatoms. The Balaban J connectivity index is 1.60. The van der Waals surface area contributed by atoms with Gasteiger partial charge in [0.2, 0.25) is 5.91 Å². The van der Waals surface area contributed by atoms with E-state index < -0.39 is 0 Å². The number of aromatic nitrogens is 1. The van der Waals surface area contributed by atoms with Crippen molar-refractivity contribution in [3.05, 3.63) is 36.0 Å². The lowest BCUT2D eigenvalue weighted by atomic mass is 10.0. The Labute approximate surface area is 174 Å². The highest BCUT2D eigenvalue weighted by Gasteiger charge is 2.25. The number of ether oxygens (including phenoxy) is 1. The number of amides is 1. The van der Waals surface area contributed by atoms with Gasteiger partial charge in [0.1, 0.15) is 17.4 Å². The molecule has 1 atom stereocenters. The Bertz CT molecular complexity index is 828. The molecule has 1 saturated heterocycles. The predicted octanol–water partition coefficient (Wildman–Crippen LogP) is 4.34. The largest absolute Gasteiger partial charge is 0.487 e. The monoisotopic (exact) mass is 397 g/mol. The molecule has 29 heavy (non-hydrogen) atoms. The molecule has 3 rings (SSSR count). The van der Waals surface area contributed by atoms with E-state index in [4.69, 9.17) is 4.74 Å². The number of carbonyl (C=O) groups excluding carboxylic acids is 1. The van der Waals surface area contributed by atoms with Crippen LogP contribution in [0, 0.1) is 0 Å². The van der Waals surface area contributed by atoms with E-state index in [1.807, 2.05) is 33.0 Å². The van der Waals surface area contributed by atoms with Crippen LogP contribution in [-0.4, -0.2) is 47.1 Å². The minimum atomic E-state index is -0.176. The molecular weight excluding hydrogens is 362 g/mol. The fourth-order valence-corrected chi connectivity index (χ4v) is 3.85. The normalized spacial score (nSPS) is 17.6. The maximum atomic E-state index is 12.1. The molecule has 158 valence electrons. The summed E-state index contributed by atoms with van der Waals surface area (Å²) in [5, 5.41) is 4.18. The zero-order valence-corrected chi connectivity index (χ0v) is 18.3. The van der Waals surface area contributed by atoms with Crippen molar-refractivity contribution in [2.75, 3.05) is 19.6 Å². The first-order valence-electron chi connectivity index (χ1n) is 10.9. The fraction of sp³-hybridized carbons (Fsp3) is 0.583. The molecule has 1 amide bonds. The Kier molecular flexibility index (Phi) is 7.12. The van der Waals surface area contributed by atoms with Crippen molar-refractivity contribution in [2.24, 2.45) is 0 Å². The lowest BCUT2D eigenvalue weighted by molar-refractivity contribution is -0.122. The van der Waals surface area contributed by atoms with Gasteiger partial charge in [0.25, 0.3) is 0 Å². The van der Waals surface area contributed by atoms with Gasteiger partial charge in [0.15, 0.2) is 0 Å². The molecule has 0 bridgehead atoms. The lowest BCUT2D eigenvalue weighted by Crippen LogP contribution is -2.41. The summed E-state index contributed by atoms with van der Waals surface area (Å²) in [6.45, 7) is 10.9. The molecule has 1 N–H and O–H groups in total. The first-order valence-corrected chi connectivity index (χ1v) is 10.9. The topological polar surface area (TPSA) is 54.5 Å². The summed E-state index contributed by atoms with van der Waals surface area (Å²) in [5.41, 5.74) is 2.08. The average Bonchev–Trinajstić information content (AvgIpc) is 3.11. The maximum absolute atomic E-state index is 12.1. The van der Waals surface area contributed by atoms with Crippen molar-refractivity contribution in [3.8, 4) is 5.75 Å². The summed E-state index contributed by atoms with van der Waals surface area (Å²) in [6, 6.07) is 8.50. The number of hydrogen-bond acceptors (Lipinski definition) is 4. The quantitative estimate of drug-likeness (QED) is 0.720. The Morgan fingerprint density at radius 3 is 2.93 bits per heavy atom. The summed E-state index contributed by atoms with van der Waals surface area (Å²) in [4.78, 5) is 19.0. The molecule has 2 aromatic rings. The van der Waals surface area contributed by atoms with Crippen LogP contribution in [0.4, 0.5) is 0 Å². The summed E-state index contributed by atoms with van der Waals surface area (Å²) >= 11 is 0. The number of fused-ring (bicyclic) bond motifs is 1. The minimum Gasteiger partial charge on any atom is -0.487 e. The number of aryl methyl sites for hydroxylation is 1. The number of hydrogen-bond donors (Lipinski definition) is 1. The van der Waals surface area contributed by atoms with Gasteiger partial charge < -0.3 is 10.1 Å². The van der Waals surface area contributed by atoms with Crippen LogP contribution in [0.15, 0.2) is 30.5 Å². The van der Waals surface area contributed by atoms with Crippen LogP contribution in [0.3, 0.4) is 0 Å². The van der Waals surface area contributed by atoms with Gasteiger partial charge in [0.05, 0.1) is 0 Å². The van der Waals surface area contributed by atoms with Crippen molar-refractivity contribution in [1.29, 1.82) is 0 Å². The molecule has 1 fully saturated rings. The molecule has 0 aliphatic carbocycles. The third kappa shape index (κ3) is 6.43. The second-order valence-corrected chi connectivity index (χ2v) is 9.15. The summed E-state index contributed by atoms with van der Waals surface area (Å²) < 4.78 is 6.42. The second-order valence-electron chi connectivity index (χ2n) is 9.15. The van der Waals surface area contributed by atoms with Crippen LogP contribution in [0.25, 0.3) is 10.9 Å². The van der Waals surface area contributed by atoms with Crippen molar-refractivity contribution in [2.45, 2.75) is 71.4 Å². The average molecular weight is 398 g/mol. The first kappa shape index (κ1) is 21.6. The molecule has 0 unspecified atom stereocenters. The van der Waals surface area contributed by atoms with Crippen LogP contribution in [-0.2, 0) is 11.2 Å². The first-order chi connectivity index (χ1) is 13.8. The van der Waals surface area contributed by atoms with E-state index in [0.29, 0.717) is 6.42 Å². The van der Waals surface area contributed by atoms with E-state index in [2.05, 4.69) is 40.3 Å². The second kappa shape index (κ2) is 9.57. The molecule has 2 heterocycles. The number of likely N-dealkylation sites (tertiary alicyclic amines) is 1. The van der Waals surface area contributed by atoms with E-state index in [1.54, 1.807) is 0 Å². The van der Waals surface area contributed by atoms with Gasteiger partial charge >= 0.3 is 0 Å². The molecular formula is C24H35N3O2. The molecule has 5 nitrogen and oxygen atoms in total. The minimum absolute atomic E-state index is 0.112. The fourth-order valence-electron chi connectivity index (χ4n) is 3.85. The number of unbranched alkanes of at least 4 members (excludes halogenated alkanes) is 1. The van der Waals surface area contributed by atoms with Gasteiger partial charge in [-0.1, -0.05) is 19.4 Å². The zero-order chi connectivity index (χ0) is 20.9. The number of nitrogens with zero attached hydrogens (tertiary/aromatic N) is 2. The van der Waals surface area contributed by atoms with Gasteiger partial charge in [-0.25, -0.2) is 0 Å². The highest BCUT2D eigenvalue weighted by Crippen LogP contribution is 2.29. The van der Waals surface area contributed by atoms with Crippen molar-refractivity contribution in [1.82, 2.24) is 15.2 Å². The SMILES string of the molecule is CCCCc1cc(O[C@@H]2CCN(CCC(=O)NC(C)(C)C)C2)c2ncccc2c1. The standard InChI is InChI=1S/C24H35N3O2/c1-5-6-8-18-15-19-9-7-12-25-23(19)21(16-18)29-20-10-13-27(17-20)14-11-22(28)26-24(2,3)4/h7,9,12,15-16,20H,5-6,8,10-11,13-14,17H2,1-4H3,(H,26,28)/t20-/m1/s1. The Hall–Kier alpha value is -2.14. The Morgan fingerprint density at radius 1 is 1.34 bits per heavy atom. The molecule has 0 spiro atoms. The van der Waals surface area contributed by atoms with Gasteiger partial charge in [-0.15, -0.1) is 0 Å². The van der Waals surface area contributed by atoms with Crippen LogP contribution >= 0.6 is 0 Å². The van der Waals surface area contributed by atoms with E-state index in [9.17, 15) is 4.79 Å². The van der Waals surface area contributed by atoms with Crippen LogP contribution < -0.4 is 10.1 Å². The molecule has 1 aromatic carbocycles. The summed E-state index contributed by atoms with van der Waals surface area (Å²) in [7, 11) is 0. The van der Waals surface area contributed by atoms with Crippen LogP contribution in [0.1, 0.15) is 58.9 Å². The van der Waals surface area contributed by atoms with E-state index in [-0.39, 0.29) is 17.6 Å². The van der Waals surface area contributed by atoms with E-state index in [1.165, 1.54) is 18.4 Å². The number of rotatable bonds is 8. The lowest BCUT2D eigenvalue weighted by Gasteiger charge is -2.22. The number of pyridine rings is 1. The molecule has 1 aromatic heterocycles. The maximum Gasteiger partial charge on any atom is 0.221 e. The van der Waals surface area contributed by atoms with E-state index in [0.717, 1.165) is 49.1 Å². The van der Waals surface area contributed by atoms with Crippen LogP contribution in [0.5, 0.6) is 5.75 Å². The molecule has 0 radical (unpaired) electrons. The smallest absolute Gasteiger partial charge is 0.221 e. The van der Waals surface area contributed by atoms with E-state index >= 15 is 0 Å². The highest BCUT2D eigenvalue weighted by molar-refractivity contribution is 5.85. The molecule has 1 aliphatic heterocycles. The summed E-state index contributed by atoms with van der Waals surface area (Å²) in [5.74, 6) is 1.01. The number of carbonyl (C=O) groups is 1. The molecule has 1 aliphatic rings. The van der Waals surface area contributed by atoms with Crippen molar-refractivity contribution >= 4 is 16.8 Å². The summed E-state index contributed by atoms with van der Waals surface area (Å²) in [6.07, 6.45) is 6.91. The number of nitrogens with one attached hydrogen (secondary N) is 1. The van der Waals surface area contributed by atoms with Gasteiger partial charge in [-0.05, 0) is 63.8 Å². The Morgan fingerprint density at radius 2 is 2.17 bits per heavy atom. The van der Waals surface area contributed by atoms with Gasteiger partial charge in [0, 0.05) is 43.2 Å². The molecule has 0 saturated carbocycles. The predicted molar refractivity (Wildman–Crippen MR) is 118 cm³/mol. The van der Waals surface area contributed by atoms with Gasteiger partial charge in [-0.3, -0.25) is 14.7 Å².